The van der Waals surface area contributed by atoms with Gasteiger partial charge in [0.2, 0.25) is 0 Å². The van der Waals surface area contributed by atoms with E-state index in [1.807, 2.05) is 77.9 Å². The molecule has 1 heterocycles. The van der Waals surface area contributed by atoms with Gasteiger partial charge in [-0.15, -0.1) is 6.58 Å². The predicted octanol–water partition coefficient (Wildman–Crippen LogP) is 24.2. The second-order valence-corrected chi connectivity index (χ2v) is 42.2. The monoisotopic (exact) mass is 2200 g/mol. The standard InChI is InChI=1S/4C18H15P.C16H22O4.C16H18O4.C12H12Br2O4.C4H8O.C3H6.Pd.H2/c4*1-4-10-16(11-5-1)19(17-12-6-2-7-13-17)18-14-8-3-9-15-18;2*1-6-11-8-10(3)9-12(7-2)13(11)14(15(17)19-4)16(18)20-5;1-6-4-7(13)9(8(14)5-6)10(11(15)17-2)12(16)18-3;1-2-4-5-3-1;1-3-2;;/h4*1-15H;8-9,14H,6-7H2,1-5H3;6-9,14H,1-2H2,3-5H3;4-5,10H,1-3H3;1-4H2;3H,1H2,2H3;;1H. The third-order valence-corrected chi connectivity index (χ3v) is 32.9. The minimum absolute atomic E-state index is 0. The quantitative estimate of drug-likeness (QED) is 0.0133. The maximum atomic E-state index is 12.0. The molecule has 1 saturated heterocycles. The number of rotatable bonds is 25. The average molecular weight is 2200 g/mol. The molecule has 0 atom stereocenters. The van der Waals surface area contributed by atoms with Gasteiger partial charge in [0.15, 0.2) is 17.8 Å². The number of carbonyl (C=O) groups excluding carboxylic acids is 6. The molecule has 16 rings (SSSR count). The first kappa shape index (κ1) is 118. The van der Waals surface area contributed by atoms with Gasteiger partial charge in [-0.3, -0.25) is 28.8 Å². The Hall–Kier alpha value is -12.4. The zero-order chi connectivity index (χ0) is 102. The largest absolute Gasteiger partial charge is 0.468 e. The van der Waals surface area contributed by atoms with Crippen LogP contribution in [0.25, 0.3) is 12.2 Å². The molecule has 0 saturated carbocycles. The normalized spacial score (nSPS) is 10.7. The van der Waals surface area contributed by atoms with Crippen LogP contribution < -0.4 is 63.7 Å². The molecule has 0 spiro atoms. The molecule has 15 aromatic rings. The molecule has 143 heavy (non-hydrogen) atoms. The van der Waals surface area contributed by atoms with Crippen LogP contribution in [0, 0.1) is 20.8 Å². The van der Waals surface area contributed by atoms with Crippen LogP contribution in [0.1, 0.15) is 108 Å². The predicted molar refractivity (Wildman–Crippen MR) is 607 cm³/mol. The van der Waals surface area contributed by atoms with E-state index in [-0.39, 0.29) is 21.8 Å². The van der Waals surface area contributed by atoms with E-state index < -0.39 is 85.3 Å². The van der Waals surface area contributed by atoms with Gasteiger partial charge in [0, 0.05) is 49.6 Å². The summed E-state index contributed by atoms with van der Waals surface area (Å²) in [5.41, 5.74) is 8.17. The number of aryl methyl sites for hydroxylation is 5. The van der Waals surface area contributed by atoms with Crippen LogP contribution in [0.5, 0.6) is 0 Å². The summed E-state index contributed by atoms with van der Waals surface area (Å²) in [5, 5.41) is 16.8. The zero-order valence-corrected chi connectivity index (χ0v) is 91.4. The van der Waals surface area contributed by atoms with Crippen LogP contribution in [0.3, 0.4) is 0 Å². The molecule has 0 unspecified atom stereocenters. The molecule has 0 radical (unpaired) electrons. The number of allylic oxidation sites excluding steroid dienone is 1. The Morgan fingerprint density at radius 3 is 0.608 bits per heavy atom. The Kier molecular flexibility index (Phi) is 54.1. The third kappa shape index (κ3) is 36.5. The van der Waals surface area contributed by atoms with Crippen molar-refractivity contribution < 1.29 is 83.8 Å². The van der Waals surface area contributed by atoms with Crippen molar-refractivity contribution in [2.24, 2.45) is 0 Å². The van der Waals surface area contributed by atoms with Crippen molar-refractivity contribution in [2.45, 2.75) is 85.0 Å². The fraction of sp³-hybridized carbons (Fsp3) is 0.171. The van der Waals surface area contributed by atoms with Crippen molar-refractivity contribution in [3.05, 3.63) is 491 Å². The van der Waals surface area contributed by atoms with Gasteiger partial charge in [0.1, 0.15) is 0 Å². The molecule has 0 aromatic heterocycles. The summed E-state index contributed by atoms with van der Waals surface area (Å²) in [5.74, 6) is -7.08. The van der Waals surface area contributed by atoms with Gasteiger partial charge in [-0.2, -0.15) is 0 Å². The van der Waals surface area contributed by atoms with Crippen molar-refractivity contribution in [1.29, 1.82) is 0 Å². The Labute approximate surface area is 883 Å². The topological polar surface area (TPSA) is 167 Å². The first-order chi connectivity index (χ1) is 69.1. The number of ether oxygens (including phenoxy) is 7. The minimum atomic E-state index is -1.15. The van der Waals surface area contributed by atoms with Crippen LogP contribution in [0.4, 0.5) is 0 Å². The number of hydrogen-bond acceptors (Lipinski definition) is 13. The van der Waals surface area contributed by atoms with Crippen LogP contribution in [-0.4, -0.2) is 91.7 Å². The summed E-state index contributed by atoms with van der Waals surface area (Å²) in [6, 6.07) is 141. The van der Waals surface area contributed by atoms with Crippen molar-refractivity contribution in [3.8, 4) is 0 Å². The van der Waals surface area contributed by atoms with Crippen molar-refractivity contribution >= 4 is 175 Å². The van der Waals surface area contributed by atoms with E-state index in [0.717, 1.165) is 59.4 Å². The Balaban J connectivity index is 0.000000253. The molecule has 1 fully saturated rings. The van der Waals surface area contributed by atoms with E-state index in [1.54, 1.807) is 18.2 Å². The molecule has 0 N–H and O–H groups in total. The van der Waals surface area contributed by atoms with Crippen LogP contribution in [-0.2, 0) is 95.2 Å². The van der Waals surface area contributed by atoms with E-state index >= 15 is 0 Å². The van der Waals surface area contributed by atoms with E-state index in [9.17, 15) is 28.8 Å². The van der Waals surface area contributed by atoms with Gasteiger partial charge >= 0.3 is 35.8 Å². The molecule has 13 nitrogen and oxygen atoms in total. The molecular formula is C123H128Br2O13P4Pd. The number of carbonyl (C=O) groups is 6. The number of esters is 6. The molecule has 15 aromatic carbocycles. The van der Waals surface area contributed by atoms with Gasteiger partial charge in [-0.05, 0) is 205 Å². The van der Waals surface area contributed by atoms with Crippen LogP contribution in [0.2, 0.25) is 0 Å². The van der Waals surface area contributed by atoms with Crippen molar-refractivity contribution in [1.82, 2.24) is 0 Å². The van der Waals surface area contributed by atoms with Crippen molar-refractivity contribution in [2.75, 3.05) is 55.9 Å². The van der Waals surface area contributed by atoms with Gasteiger partial charge in [0.05, 0.1) is 42.7 Å². The second kappa shape index (κ2) is 65.7. The summed E-state index contributed by atoms with van der Waals surface area (Å²) in [7, 11) is 5.70. The summed E-state index contributed by atoms with van der Waals surface area (Å²) in [6.45, 7) is 24.5. The number of methoxy groups -OCH3 is 6. The summed E-state index contributed by atoms with van der Waals surface area (Å²) >= 11 is 6.70. The van der Waals surface area contributed by atoms with Crippen molar-refractivity contribution in [3.63, 3.8) is 0 Å². The summed E-state index contributed by atoms with van der Waals surface area (Å²) in [4.78, 5) is 71.4. The SMILES string of the molecule is C1CCOC1.C=CC.C=Cc1cc(C)cc(C=C)c1C(C(=O)OC)C(=O)OC.CCc1cc(C)cc(CC)c1C(C(=O)OC)C(=O)OC.COC(=O)C(C(=O)OC)c1c(Br)cc(C)cc1Br.[HH].[Pd].c1ccc(P(c2ccccc2)c2ccccc2)cc1.c1ccc(P(c2ccccc2)c2ccccc2)cc1.c1ccc(P(c2ccccc2)c2ccccc2)cc1.c1ccc(P(c2ccccc2)c2ccccc2)cc1. The summed E-state index contributed by atoms with van der Waals surface area (Å²) < 4.78 is 34.5. The molecule has 742 valence electrons. The van der Waals surface area contributed by atoms with E-state index in [1.165, 1.54) is 119 Å². The Bertz CT molecular complexity index is 5360. The first-order valence-corrected chi connectivity index (χ1v) is 53.5. The zero-order valence-electron chi connectivity index (χ0n) is 83.1. The molecule has 1 aliphatic heterocycles. The maximum Gasteiger partial charge on any atom is 0.324 e. The molecule has 1 aliphatic rings. The van der Waals surface area contributed by atoms with E-state index in [0.29, 0.717) is 31.2 Å². The van der Waals surface area contributed by atoms with Gasteiger partial charge < -0.3 is 33.2 Å². The van der Waals surface area contributed by atoms with Gasteiger partial charge in [-0.1, -0.05) is 471 Å². The molecule has 0 bridgehead atoms. The molecule has 0 amide bonds. The number of hydrogen-bond donors (Lipinski definition) is 0. The summed E-state index contributed by atoms with van der Waals surface area (Å²) in [6.07, 6.45) is 8.98. The molecular weight excluding hydrogens is 2080 g/mol. The fourth-order valence-electron chi connectivity index (χ4n) is 15.3. The smallest absolute Gasteiger partial charge is 0.324 e. The maximum absolute atomic E-state index is 12.0. The second-order valence-electron chi connectivity index (χ2n) is 31.6. The van der Waals surface area contributed by atoms with Gasteiger partial charge in [0.25, 0.3) is 0 Å². The molecule has 0 aliphatic carbocycles. The van der Waals surface area contributed by atoms with E-state index in [4.69, 9.17) is 23.7 Å². The van der Waals surface area contributed by atoms with E-state index in [2.05, 4.69) is 425 Å². The number of benzene rings is 15. The molecule has 20 heteroatoms. The van der Waals surface area contributed by atoms with Crippen LogP contribution >= 0.6 is 63.5 Å². The Morgan fingerprint density at radius 1 is 0.294 bits per heavy atom. The van der Waals surface area contributed by atoms with Gasteiger partial charge in [-0.25, -0.2) is 0 Å². The first-order valence-electron chi connectivity index (χ1n) is 46.5. The Morgan fingerprint density at radius 2 is 0.455 bits per heavy atom. The van der Waals surface area contributed by atoms with Crippen LogP contribution in [0.15, 0.2) is 435 Å². The minimum Gasteiger partial charge on any atom is -0.468 e. The fourth-order valence-corrected chi connectivity index (χ4v) is 26.4. The average Bonchev–Trinajstić information content (AvgIpc) is 0.812. The number of halogens is 2. The third-order valence-electron chi connectivity index (χ3n) is 21.8.